The average Bonchev–Trinajstić information content (AvgIpc) is 2.99. The second-order valence-corrected chi connectivity index (χ2v) is 8.70. The quantitative estimate of drug-likeness (QED) is 0.178. The molecule has 0 atom stereocenters. The van der Waals surface area contributed by atoms with Crippen LogP contribution in [0.1, 0.15) is 27.0 Å². The van der Waals surface area contributed by atoms with Crippen LogP contribution in [-0.2, 0) is 19.8 Å². The highest BCUT2D eigenvalue weighted by Gasteiger charge is 2.14. The lowest BCUT2D eigenvalue weighted by molar-refractivity contribution is 0.111. The zero-order chi connectivity index (χ0) is 26.0. The second kappa shape index (κ2) is 12.4. The Morgan fingerprint density at radius 1 is 0.579 bits per heavy atom. The van der Waals surface area contributed by atoms with Gasteiger partial charge in [-0.1, -0.05) is 97.1 Å². The molecule has 0 spiro atoms. The molecular formula is C33H27NO4. The van der Waals surface area contributed by atoms with E-state index < -0.39 is 0 Å². The van der Waals surface area contributed by atoms with Crippen molar-refractivity contribution in [3.05, 3.63) is 144 Å². The molecule has 188 valence electrons. The third-order valence-corrected chi connectivity index (χ3v) is 5.97. The molecule has 0 N–H and O–H groups in total. The maximum atomic E-state index is 11.7. The van der Waals surface area contributed by atoms with Crippen LogP contribution in [0.5, 0.6) is 17.5 Å². The topological polar surface area (TPSA) is 57.7 Å². The van der Waals surface area contributed by atoms with E-state index in [1.54, 1.807) is 6.07 Å². The van der Waals surface area contributed by atoms with Crippen LogP contribution in [0.3, 0.4) is 0 Å². The van der Waals surface area contributed by atoms with E-state index in [1.165, 1.54) is 0 Å². The molecule has 0 aliphatic heterocycles. The molecule has 0 saturated heterocycles. The van der Waals surface area contributed by atoms with Crippen molar-refractivity contribution in [3.63, 3.8) is 0 Å². The number of rotatable bonds is 11. The van der Waals surface area contributed by atoms with E-state index in [-0.39, 0.29) is 0 Å². The summed E-state index contributed by atoms with van der Waals surface area (Å²) >= 11 is 0. The summed E-state index contributed by atoms with van der Waals surface area (Å²) in [5, 5.41) is 0. The van der Waals surface area contributed by atoms with Gasteiger partial charge in [-0.25, -0.2) is 0 Å². The van der Waals surface area contributed by atoms with Crippen LogP contribution in [-0.4, -0.2) is 11.3 Å². The molecule has 1 aromatic heterocycles. The van der Waals surface area contributed by atoms with Crippen molar-refractivity contribution in [3.8, 4) is 28.6 Å². The number of aldehydes is 1. The summed E-state index contributed by atoms with van der Waals surface area (Å²) in [6, 6.07) is 38.9. The fraction of sp³-hybridized carbons (Fsp3) is 0.0909. The van der Waals surface area contributed by atoms with E-state index in [9.17, 15) is 4.79 Å². The normalized spacial score (nSPS) is 10.5. The van der Waals surface area contributed by atoms with Crippen molar-refractivity contribution in [1.29, 1.82) is 0 Å². The van der Waals surface area contributed by atoms with Crippen molar-refractivity contribution < 1.29 is 19.0 Å². The minimum absolute atomic E-state index is 0.354. The largest absolute Gasteiger partial charge is 0.488 e. The molecule has 5 nitrogen and oxygen atoms in total. The summed E-state index contributed by atoms with van der Waals surface area (Å²) in [7, 11) is 0. The molecule has 5 rings (SSSR count). The number of hydrogen-bond donors (Lipinski definition) is 0. The Labute approximate surface area is 222 Å². The maximum absolute atomic E-state index is 11.7. The highest BCUT2D eigenvalue weighted by atomic mass is 16.5. The molecular weight excluding hydrogens is 474 g/mol. The highest BCUT2D eigenvalue weighted by Crippen LogP contribution is 2.34. The van der Waals surface area contributed by atoms with Crippen molar-refractivity contribution >= 4 is 6.29 Å². The summed E-state index contributed by atoms with van der Waals surface area (Å²) < 4.78 is 18.2. The zero-order valence-electron chi connectivity index (χ0n) is 20.8. The zero-order valence-corrected chi connectivity index (χ0v) is 20.8. The van der Waals surface area contributed by atoms with Gasteiger partial charge in [0.2, 0.25) is 11.8 Å². The van der Waals surface area contributed by atoms with E-state index in [4.69, 9.17) is 19.2 Å². The number of hydrogen-bond acceptors (Lipinski definition) is 5. The molecule has 5 aromatic rings. The fourth-order valence-corrected chi connectivity index (χ4v) is 3.95. The van der Waals surface area contributed by atoms with Gasteiger partial charge in [0.15, 0.2) is 6.29 Å². The minimum Gasteiger partial charge on any atom is -0.488 e. The number of carbonyl (C=O) groups excluding carboxylic acids is 1. The SMILES string of the molecule is O=Cc1ccc(-c2ccc(OCc3ccccc3)nc2OCc2ccccc2)cc1OCc1ccccc1. The van der Waals surface area contributed by atoms with Crippen molar-refractivity contribution in [2.45, 2.75) is 19.8 Å². The van der Waals surface area contributed by atoms with Gasteiger partial charge >= 0.3 is 0 Å². The van der Waals surface area contributed by atoms with Crippen molar-refractivity contribution in [2.24, 2.45) is 0 Å². The van der Waals surface area contributed by atoms with Gasteiger partial charge < -0.3 is 14.2 Å². The highest BCUT2D eigenvalue weighted by molar-refractivity contribution is 5.82. The Balaban J connectivity index is 1.43. The average molecular weight is 502 g/mol. The first kappa shape index (κ1) is 24.8. The van der Waals surface area contributed by atoms with Gasteiger partial charge in [0.1, 0.15) is 25.6 Å². The Morgan fingerprint density at radius 2 is 1.13 bits per heavy atom. The predicted molar refractivity (Wildman–Crippen MR) is 147 cm³/mol. The first-order valence-electron chi connectivity index (χ1n) is 12.4. The maximum Gasteiger partial charge on any atom is 0.225 e. The smallest absolute Gasteiger partial charge is 0.225 e. The third kappa shape index (κ3) is 6.45. The molecule has 0 fully saturated rings. The predicted octanol–water partition coefficient (Wildman–Crippen LogP) is 7.30. The molecule has 38 heavy (non-hydrogen) atoms. The van der Waals surface area contributed by atoms with E-state index >= 15 is 0 Å². The monoisotopic (exact) mass is 501 g/mol. The number of pyridine rings is 1. The van der Waals surface area contributed by atoms with Crippen LogP contribution in [0.2, 0.25) is 0 Å². The number of ether oxygens (including phenoxy) is 3. The standard InChI is InChI=1S/C33H27NO4/c35-21-29-17-16-28(20-31(29)36-22-25-10-4-1-5-11-25)30-18-19-32(37-23-26-12-6-2-7-13-26)34-33(30)38-24-27-14-8-3-9-15-27/h1-21H,22-24H2. The van der Waals surface area contributed by atoms with Gasteiger partial charge in [-0.3, -0.25) is 4.79 Å². The number of nitrogens with zero attached hydrogens (tertiary/aromatic N) is 1. The third-order valence-electron chi connectivity index (χ3n) is 5.97. The lowest BCUT2D eigenvalue weighted by atomic mass is 10.0. The van der Waals surface area contributed by atoms with E-state index in [1.807, 2.05) is 115 Å². The van der Waals surface area contributed by atoms with E-state index in [0.29, 0.717) is 42.9 Å². The van der Waals surface area contributed by atoms with Gasteiger partial charge in [0, 0.05) is 11.6 Å². The summed E-state index contributed by atoms with van der Waals surface area (Å²) in [4.78, 5) is 16.4. The van der Waals surface area contributed by atoms with Gasteiger partial charge in [-0.05, 0) is 40.5 Å². The van der Waals surface area contributed by atoms with Crippen LogP contribution in [0.15, 0.2) is 121 Å². The lowest BCUT2D eigenvalue weighted by Gasteiger charge is -2.15. The van der Waals surface area contributed by atoms with Gasteiger partial charge in [0.25, 0.3) is 0 Å². The van der Waals surface area contributed by atoms with Gasteiger partial charge in [0.05, 0.1) is 5.56 Å². The van der Waals surface area contributed by atoms with Crippen LogP contribution in [0, 0.1) is 0 Å². The molecule has 0 bridgehead atoms. The molecule has 1 heterocycles. The summed E-state index contributed by atoms with van der Waals surface area (Å²) in [5.74, 6) is 1.40. The van der Waals surface area contributed by atoms with Crippen LogP contribution in [0.4, 0.5) is 0 Å². The number of benzene rings is 4. The molecule has 4 aromatic carbocycles. The molecule has 0 unspecified atom stereocenters. The Bertz CT molecular complexity index is 1470. The first-order valence-corrected chi connectivity index (χ1v) is 12.4. The molecule has 0 amide bonds. The van der Waals surface area contributed by atoms with Gasteiger partial charge in [-0.15, -0.1) is 0 Å². The van der Waals surface area contributed by atoms with E-state index in [0.717, 1.165) is 34.1 Å². The molecule has 5 heteroatoms. The van der Waals surface area contributed by atoms with Crippen molar-refractivity contribution in [1.82, 2.24) is 4.98 Å². The fourth-order valence-electron chi connectivity index (χ4n) is 3.95. The minimum atomic E-state index is 0.354. The van der Waals surface area contributed by atoms with Crippen LogP contribution >= 0.6 is 0 Å². The summed E-state index contributed by atoms with van der Waals surface area (Å²) in [6.45, 7) is 1.11. The Morgan fingerprint density at radius 3 is 1.71 bits per heavy atom. The van der Waals surface area contributed by atoms with Crippen molar-refractivity contribution in [2.75, 3.05) is 0 Å². The second-order valence-electron chi connectivity index (χ2n) is 8.70. The number of carbonyl (C=O) groups is 1. The molecule has 0 radical (unpaired) electrons. The summed E-state index contributed by atoms with van der Waals surface area (Å²) in [5.41, 5.74) is 5.17. The first-order chi connectivity index (χ1) is 18.8. The van der Waals surface area contributed by atoms with Gasteiger partial charge in [-0.2, -0.15) is 4.98 Å². The van der Waals surface area contributed by atoms with Crippen LogP contribution < -0.4 is 14.2 Å². The Kier molecular flexibility index (Phi) is 8.07. The molecule has 0 aliphatic carbocycles. The Hall–Kier alpha value is -4.90. The number of aromatic nitrogens is 1. The summed E-state index contributed by atoms with van der Waals surface area (Å²) in [6.07, 6.45) is 0.801. The van der Waals surface area contributed by atoms with Crippen LogP contribution in [0.25, 0.3) is 11.1 Å². The lowest BCUT2D eigenvalue weighted by Crippen LogP contribution is -2.03. The van der Waals surface area contributed by atoms with E-state index in [2.05, 4.69) is 0 Å². The molecule has 0 saturated carbocycles. The molecule has 0 aliphatic rings.